The van der Waals surface area contributed by atoms with Crippen molar-refractivity contribution in [3.63, 3.8) is 0 Å². The van der Waals surface area contributed by atoms with Crippen molar-refractivity contribution in [3.8, 4) is 0 Å². The molecule has 0 spiro atoms. The third-order valence-electron chi connectivity index (χ3n) is 3.05. The highest BCUT2D eigenvalue weighted by atomic mass is 16.6. The molecule has 1 aliphatic rings. The molecule has 0 aromatic rings. The Morgan fingerprint density at radius 2 is 2.14 bits per heavy atom. The summed E-state index contributed by atoms with van der Waals surface area (Å²) in [5.41, 5.74) is 0. The Bertz CT molecular complexity index is 144. The lowest BCUT2D eigenvalue weighted by molar-refractivity contribution is -0.0872. The molecule has 14 heavy (non-hydrogen) atoms. The zero-order valence-electron chi connectivity index (χ0n) is 9.58. The number of nitrogens with one attached hydrogen (secondary N) is 1. The molecule has 0 aliphatic carbocycles. The van der Waals surface area contributed by atoms with Gasteiger partial charge in [0, 0.05) is 12.6 Å². The van der Waals surface area contributed by atoms with E-state index in [1.54, 1.807) is 0 Å². The van der Waals surface area contributed by atoms with Gasteiger partial charge >= 0.3 is 0 Å². The fourth-order valence-corrected chi connectivity index (χ4v) is 1.53. The van der Waals surface area contributed by atoms with Crippen LogP contribution in [-0.2, 0) is 9.47 Å². The summed E-state index contributed by atoms with van der Waals surface area (Å²) in [5, 5.41) is 3.50. The highest BCUT2D eigenvalue weighted by molar-refractivity contribution is 4.71. The van der Waals surface area contributed by atoms with Crippen LogP contribution in [0.1, 0.15) is 27.2 Å². The molecule has 3 heteroatoms. The van der Waals surface area contributed by atoms with Crippen LogP contribution in [0.2, 0.25) is 0 Å². The second-order valence-electron chi connectivity index (χ2n) is 4.15. The Hall–Kier alpha value is -0.120. The zero-order valence-corrected chi connectivity index (χ0v) is 9.58. The highest BCUT2D eigenvalue weighted by Crippen LogP contribution is 2.07. The first-order chi connectivity index (χ1) is 6.74. The van der Waals surface area contributed by atoms with Crippen LogP contribution in [0.15, 0.2) is 0 Å². The van der Waals surface area contributed by atoms with Gasteiger partial charge in [0.05, 0.1) is 25.9 Å². The van der Waals surface area contributed by atoms with Gasteiger partial charge < -0.3 is 14.8 Å². The van der Waals surface area contributed by atoms with Gasteiger partial charge in [-0.3, -0.25) is 0 Å². The van der Waals surface area contributed by atoms with Gasteiger partial charge in [-0.05, 0) is 12.8 Å². The third kappa shape index (κ3) is 3.95. The summed E-state index contributed by atoms with van der Waals surface area (Å²) in [6.07, 6.45) is 1.46. The van der Waals surface area contributed by atoms with E-state index in [0.717, 1.165) is 32.3 Å². The summed E-state index contributed by atoms with van der Waals surface area (Å²) in [7, 11) is 0. The quantitative estimate of drug-likeness (QED) is 0.730. The molecule has 0 radical (unpaired) electrons. The molecule has 0 saturated carbocycles. The van der Waals surface area contributed by atoms with Crippen molar-refractivity contribution in [3.05, 3.63) is 0 Å². The first-order valence-electron chi connectivity index (χ1n) is 5.66. The molecule has 0 amide bonds. The van der Waals surface area contributed by atoms with Crippen LogP contribution in [-0.4, -0.2) is 38.5 Å². The maximum atomic E-state index is 5.55. The Morgan fingerprint density at radius 1 is 1.36 bits per heavy atom. The standard InChI is InChI=1S/C11H23NO2/c1-4-9(2)10(3)12-7-11-8-13-5-6-14-11/h9-12H,4-8H2,1-3H3. The summed E-state index contributed by atoms with van der Waals surface area (Å²) < 4.78 is 10.9. The molecule has 0 bridgehead atoms. The van der Waals surface area contributed by atoms with Crippen LogP contribution in [0.3, 0.4) is 0 Å². The van der Waals surface area contributed by atoms with Crippen molar-refractivity contribution in [2.24, 2.45) is 5.92 Å². The summed E-state index contributed by atoms with van der Waals surface area (Å²) in [4.78, 5) is 0. The van der Waals surface area contributed by atoms with Crippen molar-refractivity contribution in [2.75, 3.05) is 26.4 Å². The lowest BCUT2D eigenvalue weighted by Crippen LogP contribution is -2.42. The van der Waals surface area contributed by atoms with Crippen LogP contribution < -0.4 is 5.32 Å². The normalized spacial score (nSPS) is 27.2. The predicted molar refractivity (Wildman–Crippen MR) is 57.5 cm³/mol. The summed E-state index contributed by atoms with van der Waals surface area (Å²) >= 11 is 0. The first kappa shape index (κ1) is 12.0. The second-order valence-corrected chi connectivity index (χ2v) is 4.15. The third-order valence-corrected chi connectivity index (χ3v) is 3.05. The Morgan fingerprint density at radius 3 is 2.71 bits per heavy atom. The van der Waals surface area contributed by atoms with E-state index in [0.29, 0.717) is 6.04 Å². The molecular formula is C11H23NO2. The number of hydrogen-bond donors (Lipinski definition) is 1. The van der Waals surface area contributed by atoms with Gasteiger partial charge in [-0.1, -0.05) is 20.3 Å². The van der Waals surface area contributed by atoms with Gasteiger partial charge in [-0.25, -0.2) is 0 Å². The lowest BCUT2D eigenvalue weighted by Gasteiger charge is -2.26. The van der Waals surface area contributed by atoms with Gasteiger partial charge in [0.25, 0.3) is 0 Å². The van der Waals surface area contributed by atoms with Gasteiger partial charge in [0.15, 0.2) is 0 Å². The van der Waals surface area contributed by atoms with Gasteiger partial charge in [-0.2, -0.15) is 0 Å². The Kier molecular flexibility index (Phi) is 5.45. The number of rotatable bonds is 5. The first-order valence-corrected chi connectivity index (χ1v) is 5.66. The fourth-order valence-electron chi connectivity index (χ4n) is 1.53. The van der Waals surface area contributed by atoms with Crippen LogP contribution in [0.5, 0.6) is 0 Å². The van der Waals surface area contributed by atoms with Gasteiger partial charge in [0.1, 0.15) is 0 Å². The van der Waals surface area contributed by atoms with Crippen LogP contribution in [0.4, 0.5) is 0 Å². The van der Waals surface area contributed by atoms with Crippen LogP contribution in [0, 0.1) is 5.92 Å². The van der Waals surface area contributed by atoms with E-state index in [2.05, 4.69) is 26.1 Å². The van der Waals surface area contributed by atoms with E-state index in [9.17, 15) is 0 Å². The van der Waals surface area contributed by atoms with Crippen molar-refractivity contribution in [1.82, 2.24) is 5.32 Å². The van der Waals surface area contributed by atoms with Crippen molar-refractivity contribution >= 4 is 0 Å². The van der Waals surface area contributed by atoms with E-state index in [1.165, 1.54) is 6.42 Å². The summed E-state index contributed by atoms with van der Waals surface area (Å²) in [5.74, 6) is 0.722. The van der Waals surface area contributed by atoms with E-state index in [-0.39, 0.29) is 6.10 Å². The molecular weight excluding hydrogens is 178 g/mol. The number of hydrogen-bond acceptors (Lipinski definition) is 3. The van der Waals surface area contributed by atoms with E-state index in [4.69, 9.17) is 9.47 Å². The molecule has 1 N–H and O–H groups in total. The monoisotopic (exact) mass is 201 g/mol. The van der Waals surface area contributed by atoms with Gasteiger partial charge in [0.2, 0.25) is 0 Å². The van der Waals surface area contributed by atoms with E-state index < -0.39 is 0 Å². The minimum absolute atomic E-state index is 0.246. The zero-order chi connectivity index (χ0) is 10.4. The van der Waals surface area contributed by atoms with Crippen molar-refractivity contribution < 1.29 is 9.47 Å². The topological polar surface area (TPSA) is 30.5 Å². The Balaban J connectivity index is 2.12. The molecule has 3 nitrogen and oxygen atoms in total. The van der Waals surface area contributed by atoms with Crippen molar-refractivity contribution in [2.45, 2.75) is 39.3 Å². The van der Waals surface area contributed by atoms with E-state index in [1.807, 2.05) is 0 Å². The summed E-state index contributed by atoms with van der Waals surface area (Å²) in [6, 6.07) is 0.561. The average Bonchev–Trinajstić information content (AvgIpc) is 2.26. The molecule has 1 aliphatic heterocycles. The molecule has 1 saturated heterocycles. The number of ether oxygens (including phenoxy) is 2. The fraction of sp³-hybridized carbons (Fsp3) is 1.00. The largest absolute Gasteiger partial charge is 0.376 e. The molecule has 84 valence electrons. The van der Waals surface area contributed by atoms with Gasteiger partial charge in [-0.15, -0.1) is 0 Å². The molecule has 3 atom stereocenters. The maximum Gasteiger partial charge on any atom is 0.0933 e. The molecule has 1 heterocycles. The minimum Gasteiger partial charge on any atom is -0.376 e. The molecule has 1 fully saturated rings. The maximum absolute atomic E-state index is 5.55. The SMILES string of the molecule is CCC(C)C(C)NCC1COCCO1. The predicted octanol–water partition coefficient (Wildman–Crippen LogP) is 1.43. The van der Waals surface area contributed by atoms with E-state index >= 15 is 0 Å². The Labute approximate surface area is 87.2 Å². The second kappa shape index (κ2) is 6.38. The molecule has 0 aromatic heterocycles. The minimum atomic E-state index is 0.246. The molecule has 3 unspecified atom stereocenters. The van der Waals surface area contributed by atoms with Crippen LogP contribution >= 0.6 is 0 Å². The molecule has 0 aromatic carbocycles. The van der Waals surface area contributed by atoms with Crippen molar-refractivity contribution in [1.29, 1.82) is 0 Å². The highest BCUT2D eigenvalue weighted by Gasteiger charge is 2.16. The lowest BCUT2D eigenvalue weighted by atomic mass is 10.0. The smallest absolute Gasteiger partial charge is 0.0933 e. The molecule has 1 rings (SSSR count). The van der Waals surface area contributed by atoms with Crippen LogP contribution in [0.25, 0.3) is 0 Å². The average molecular weight is 201 g/mol. The summed E-state index contributed by atoms with van der Waals surface area (Å²) in [6.45, 7) is 9.87.